The minimum atomic E-state index is -4.87. The van der Waals surface area contributed by atoms with Crippen molar-refractivity contribution in [2.45, 2.75) is 13.3 Å². The first-order valence-corrected chi connectivity index (χ1v) is 6.87. The molecule has 0 aliphatic heterocycles. The van der Waals surface area contributed by atoms with Crippen molar-refractivity contribution in [3.63, 3.8) is 0 Å². The number of amides is 1. The molecule has 0 radical (unpaired) electrons. The van der Waals surface area contributed by atoms with Gasteiger partial charge in [0.15, 0.2) is 12.4 Å². The Balaban J connectivity index is 1.94. The molecule has 1 amide bonds. The van der Waals surface area contributed by atoms with E-state index in [1.54, 1.807) is 0 Å². The van der Waals surface area contributed by atoms with Crippen molar-refractivity contribution >= 4 is 11.6 Å². The van der Waals surface area contributed by atoms with Crippen LogP contribution < -0.4 is 25.8 Å². The Morgan fingerprint density at radius 3 is 2.64 bits per heavy atom. The normalized spacial score (nSPS) is 10.9. The summed E-state index contributed by atoms with van der Waals surface area (Å²) in [4.78, 5) is 23.3. The third-order valence-electron chi connectivity index (χ3n) is 2.80. The molecule has 0 bridgehead atoms. The zero-order valence-corrected chi connectivity index (χ0v) is 12.8. The average Bonchev–Trinajstić information content (AvgIpc) is 2.52. The van der Waals surface area contributed by atoms with Crippen molar-refractivity contribution in [2.24, 2.45) is 0 Å². The van der Waals surface area contributed by atoms with E-state index in [4.69, 9.17) is 9.15 Å². The molecule has 1 heterocycles. The number of carbonyl (C=O) groups excluding carboxylic acids is 1. The zero-order chi connectivity index (χ0) is 18.4. The Hall–Kier alpha value is -3.17. The monoisotopic (exact) mass is 358 g/mol. The molecule has 0 fully saturated rings. The zero-order valence-electron chi connectivity index (χ0n) is 12.8. The van der Waals surface area contributed by atoms with Crippen LogP contribution in [-0.2, 0) is 4.79 Å². The highest BCUT2D eigenvalue weighted by molar-refractivity contribution is 5.79. The lowest BCUT2D eigenvalue weighted by atomic mass is 10.3. The Kier molecular flexibility index (Phi) is 5.52. The first-order chi connectivity index (χ1) is 11.8. The molecular formula is C15H13F3N2O5. The molecule has 10 heteroatoms. The van der Waals surface area contributed by atoms with Crippen LogP contribution in [0.25, 0.3) is 0 Å². The second-order valence-corrected chi connectivity index (χ2v) is 4.68. The van der Waals surface area contributed by atoms with Gasteiger partial charge in [0, 0.05) is 6.07 Å². The number of anilines is 1. The number of hydrazine groups is 1. The van der Waals surface area contributed by atoms with Crippen molar-refractivity contribution in [1.29, 1.82) is 0 Å². The van der Waals surface area contributed by atoms with E-state index in [2.05, 4.69) is 15.6 Å². The lowest BCUT2D eigenvalue weighted by Crippen LogP contribution is -2.34. The number of nitrogens with one attached hydrogen (secondary N) is 2. The molecule has 0 aliphatic carbocycles. The van der Waals surface area contributed by atoms with E-state index in [1.807, 2.05) is 0 Å². The lowest BCUT2D eigenvalue weighted by Gasteiger charge is -2.15. The van der Waals surface area contributed by atoms with E-state index in [0.717, 1.165) is 12.1 Å². The topological polar surface area (TPSA) is 89.8 Å². The molecule has 25 heavy (non-hydrogen) atoms. The molecule has 0 unspecified atom stereocenters. The molecule has 134 valence electrons. The maximum Gasteiger partial charge on any atom is 0.573 e. The molecule has 0 saturated heterocycles. The van der Waals surface area contributed by atoms with E-state index in [1.165, 1.54) is 31.4 Å². The van der Waals surface area contributed by atoms with Crippen LogP contribution in [0.3, 0.4) is 0 Å². The SMILES string of the molecule is Cc1occc(=O)c1OCC(=O)NNc1ccccc1OC(F)(F)F. The Morgan fingerprint density at radius 2 is 1.96 bits per heavy atom. The largest absolute Gasteiger partial charge is 0.573 e. The van der Waals surface area contributed by atoms with E-state index in [9.17, 15) is 22.8 Å². The van der Waals surface area contributed by atoms with E-state index in [0.29, 0.717) is 0 Å². The van der Waals surface area contributed by atoms with Gasteiger partial charge in [0.25, 0.3) is 5.91 Å². The van der Waals surface area contributed by atoms with Gasteiger partial charge in [0.05, 0.1) is 12.0 Å². The molecule has 1 aromatic carbocycles. The van der Waals surface area contributed by atoms with Crippen molar-refractivity contribution in [3.05, 3.63) is 52.6 Å². The fourth-order valence-corrected chi connectivity index (χ4v) is 1.77. The lowest BCUT2D eigenvalue weighted by molar-refractivity contribution is -0.274. The Bertz CT molecular complexity index is 804. The molecule has 2 N–H and O–H groups in total. The van der Waals surface area contributed by atoms with Crippen LogP contribution in [0.15, 0.2) is 45.8 Å². The summed E-state index contributed by atoms with van der Waals surface area (Å²) in [7, 11) is 0. The molecule has 0 aliphatic rings. The highest BCUT2D eigenvalue weighted by atomic mass is 19.4. The Morgan fingerprint density at radius 1 is 1.24 bits per heavy atom. The molecule has 0 atom stereocenters. The number of alkyl halides is 3. The predicted octanol–water partition coefficient (Wildman–Crippen LogP) is 2.37. The third kappa shape index (κ3) is 5.44. The summed E-state index contributed by atoms with van der Waals surface area (Å²) in [5, 5.41) is 0. The van der Waals surface area contributed by atoms with Gasteiger partial charge in [-0.05, 0) is 19.1 Å². The summed E-state index contributed by atoms with van der Waals surface area (Å²) in [6.07, 6.45) is -3.69. The average molecular weight is 358 g/mol. The van der Waals surface area contributed by atoms with E-state index < -0.39 is 30.1 Å². The molecular weight excluding hydrogens is 345 g/mol. The van der Waals surface area contributed by atoms with Gasteiger partial charge in [-0.2, -0.15) is 0 Å². The van der Waals surface area contributed by atoms with Crippen LogP contribution >= 0.6 is 0 Å². The number of ether oxygens (including phenoxy) is 2. The van der Waals surface area contributed by atoms with Gasteiger partial charge < -0.3 is 13.9 Å². The van der Waals surface area contributed by atoms with Crippen LogP contribution in [0.4, 0.5) is 18.9 Å². The first kappa shape index (κ1) is 18.2. The molecule has 0 spiro atoms. The standard InChI is InChI=1S/C15H13F3N2O5/c1-9-14(11(21)6-7-23-9)24-8-13(22)20-19-10-4-2-3-5-12(10)25-15(16,17)18/h2-7,19H,8H2,1H3,(H,20,22). The predicted molar refractivity (Wildman–Crippen MR) is 80.1 cm³/mol. The number of para-hydroxylation sites is 2. The molecule has 7 nitrogen and oxygen atoms in total. The number of benzene rings is 1. The number of carbonyl (C=O) groups is 1. The van der Waals surface area contributed by atoms with Crippen molar-refractivity contribution in [1.82, 2.24) is 5.43 Å². The van der Waals surface area contributed by atoms with Crippen LogP contribution in [0.2, 0.25) is 0 Å². The third-order valence-corrected chi connectivity index (χ3v) is 2.80. The van der Waals surface area contributed by atoms with Gasteiger partial charge >= 0.3 is 6.36 Å². The van der Waals surface area contributed by atoms with Gasteiger partial charge in [0.2, 0.25) is 11.2 Å². The van der Waals surface area contributed by atoms with Gasteiger partial charge in [0.1, 0.15) is 5.76 Å². The minimum Gasteiger partial charge on any atom is -0.476 e. The summed E-state index contributed by atoms with van der Waals surface area (Å²) >= 11 is 0. The van der Waals surface area contributed by atoms with Gasteiger partial charge in [-0.1, -0.05) is 12.1 Å². The molecule has 1 aromatic heterocycles. The molecule has 0 saturated carbocycles. The smallest absolute Gasteiger partial charge is 0.476 e. The summed E-state index contributed by atoms with van der Waals surface area (Å²) in [6, 6.07) is 6.28. The summed E-state index contributed by atoms with van der Waals surface area (Å²) in [5.74, 6) is -1.18. The van der Waals surface area contributed by atoms with E-state index >= 15 is 0 Å². The molecule has 2 aromatic rings. The van der Waals surface area contributed by atoms with Crippen LogP contribution in [0.5, 0.6) is 11.5 Å². The summed E-state index contributed by atoms with van der Waals surface area (Å²) < 4.78 is 50.8. The van der Waals surface area contributed by atoms with Gasteiger partial charge in [-0.25, -0.2) is 0 Å². The highest BCUT2D eigenvalue weighted by Crippen LogP contribution is 2.29. The highest BCUT2D eigenvalue weighted by Gasteiger charge is 2.32. The number of halogens is 3. The number of aryl methyl sites for hydroxylation is 1. The Labute approximate surface area is 139 Å². The van der Waals surface area contributed by atoms with Crippen molar-refractivity contribution in [3.8, 4) is 11.5 Å². The number of hydrogen-bond donors (Lipinski definition) is 2. The molecule has 2 rings (SSSR count). The van der Waals surface area contributed by atoms with Gasteiger partial charge in [-0.15, -0.1) is 13.2 Å². The van der Waals surface area contributed by atoms with Gasteiger partial charge in [-0.3, -0.25) is 20.4 Å². The second-order valence-electron chi connectivity index (χ2n) is 4.68. The maximum atomic E-state index is 12.3. The van der Waals surface area contributed by atoms with Crippen molar-refractivity contribution in [2.75, 3.05) is 12.0 Å². The second kappa shape index (κ2) is 7.60. The number of rotatable bonds is 6. The number of hydrogen-bond acceptors (Lipinski definition) is 6. The minimum absolute atomic E-state index is 0.108. The first-order valence-electron chi connectivity index (χ1n) is 6.87. The summed E-state index contributed by atoms with van der Waals surface area (Å²) in [6.45, 7) is 0.933. The van der Waals surface area contributed by atoms with E-state index in [-0.39, 0.29) is 17.2 Å². The quantitative estimate of drug-likeness (QED) is 0.771. The van der Waals surface area contributed by atoms with Crippen LogP contribution in [-0.4, -0.2) is 18.9 Å². The summed E-state index contributed by atoms with van der Waals surface area (Å²) in [5.41, 5.74) is 3.86. The van der Waals surface area contributed by atoms with Crippen molar-refractivity contribution < 1.29 is 31.9 Å². The van der Waals surface area contributed by atoms with Crippen LogP contribution in [0.1, 0.15) is 5.76 Å². The van der Waals surface area contributed by atoms with Crippen LogP contribution in [0, 0.1) is 6.92 Å². The fraction of sp³-hybridized carbons (Fsp3) is 0.200. The fourth-order valence-electron chi connectivity index (χ4n) is 1.77. The maximum absolute atomic E-state index is 12.3.